The van der Waals surface area contributed by atoms with Gasteiger partial charge in [0.05, 0.1) is 11.3 Å². The molecular formula is C17H17ClN2O3. The Labute approximate surface area is 139 Å². The molecule has 0 heterocycles. The summed E-state index contributed by atoms with van der Waals surface area (Å²) in [6.45, 7) is 1.83. The summed E-state index contributed by atoms with van der Waals surface area (Å²) in [6, 6.07) is 13.4. The molecule has 2 aromatic rings. The van der Waals surface area contributed by atoms with Crippen LogP contribution in [0.4, 0.5) is 5.69 Å². The Kier molecular flexibility index (Phi) is 5.60. The first kappa shape index (κ1) is 16.8. The second-order valence-electron chi connectivity index (χ2n) is 4.87. The number of nitrogens with two attached hydrogens (primary N) is 1. The standard InChI is InChI=1S/C17H17ClN2O3/c1-2-15(23-12-7-5-6-11(18)10-12)17(22)20-14-9-4-3-8-13(14)16(19)21/h3-10,15H,2H2,1H3,(H2,19,21)(H,20,22)/t15-/m0/s1. The lowest BCUT2D eigenvalue weighted by molar-refractivity contribution is -0.122. The van der Waals surface area contributed by atoms with E-state index < -0.39 is 12.0 Å². The van der Waals surface area contributed by atoms with Gasteiger partial charge in [0.15, 0.2) is 6.10 Å². The summed E-state index contributed by atoms with van der Waals surface area (Å²) in [4.78, 5) is 23.8. The van der Waals surface area contributed by atoms with Gasteiger partial charge < -0.3 is 15.8 Å². The summed E-state index contributed by atoms with van der Waals surface area (Å²) in [5.74, 6) is -0.464. The molecule has 1 atom stereocenters. The largest absolute Gasteiger partial charge is 0.481 e. The minimum atomic E-state index is -0.714. The van der Waals surface area contributed by atoms with Crippen LogP contribution in [-0.2, 0) is 4.79 Å². The highest BCUT2D eigenvalue weighted by Gasteiger charge is 2.20. The van der Waals surface area contributed by atoms with E-state index in [0.717, 1.165) is 0 Å². The number of primary amides is 1. The van der Waals surface area contributed by atoms with E-state index in [-0.39, 0.29) is 11.5 Å². The highest BCUT2D eigenvalue weighted by Crippen LogP contribution is 2.20. The molecule has 0 saturated heterocycles. The predicted octanol–water partition coefficient (Wildman–Crippen LogP) is 3.24. The van der Waals surface area contributed by atoms with Gasteiger partial charge in [0.2, 0.25) is 0 Å². The van der Waals surface area contributed by atoms with Crippen LogP contribution in [0, 0.1) is 0 Å². The number of nitrogens with one attached hydrogen (secondary N) is 1. The van der Waals surface area contributed by atoms with Gasteiger partial charge in [-0.05, 0) is 36.8 Å². The predicted molar refractivity (Wildman–Crippen MR) is 89.7 cm³/mol. The second-order valence-corrected chi connectivity index (χ2v) is 5.31. The van der Waals surface area contributed by atoms with Crippen LogP contribution in [0.2, 0.25) is 5.02 Å². The van der Waals surface area contributed by atoms with E-state index >= 15 is 0 Å². The van der Waals surface area contributed by atoms with Gasteiger partial charge in [-0.2, -0.15) is 0 Å². The SMILES string of the molecule is CC[C@H](Oc1cccc(Cl)c1)C(=O)Nc1ccccc1C(N)=O. The number of rotatable bonds is 6. The number of halogens is 1. The summed E-state index contributed by atoms with van der Waals surface area (Å²) in [5, 5.41) is 3.20. The van der Waals surface area contributed by atoms with E-state index in [9.17, 15) is 9.59 Å². The molecular weight excluding hydrogens is 316 g/mol. The van der Waals surface area contributed by atoms with Gasteiger partial charge in [0.25, 0.3) is 11.8 Å². The first-order valence-electron chi connectivity index (χ1n) is 7.13. The Balaban J connectivity index is 2.13. The highest BCUT2D eigenvalue weighted by molar-refractivity contribution is 6.30. The number of para-hydroxylation sites is 1. The van der Waals surface area contributed by atoms with E-state index in [2.05, 4.69) is 5.32 Å². The normalized spacial score (nSPS) is 11.6. The monoisotopic (exact) mass is 332 g/mol. The lowest BCUT2D eigenvalue weighted by Gasteiger charge is -2.18. The Morgan fingerprint density at radius 2 is 1.96 bits per heavy atom. The fourth-order valence-electron chi connectivity index (χ4n) is 2.05. The molecule has 0 aliphatic carbocycles. The third kappa shape index (κ3) is 4.47. The van der Waals surface area contributed by atoms with Crippen LogP contribution in [-0.4, -0.2) is 17.9 Å². The van der Waals surface area contributed by atoms with Crippen LogP contribution in [0.25, 0.3) is 0 Å². The summed E-state index contributed by atoms with van der Waals surface area (Å²) in [7, 11) is 0. The first-order valence-corrected chi connectivity index (χ1v) is 7.51. The van der Waals surface area contributed by atoms with Crippen molar-refractivity contribution in [3.05, 3.63) is 59.1 Å². The maximum absolute atomic E-state index is 12.4. The summed E-state index contributed by atoms with van der Waals surface area (Å²) < 4.78 is 5.67. The third-order valence-corrected chi connectivity index (χ3v) is 3.42. The van der Waals surface area contributed by atoms with Crippen LogP contribution in [0.5, 0.6) is 5.75 Å². The Morgan fingerprint density at radius 1 is 1.22 bits per heavy atom. The van der Waals surface area contributed by atoms with Crippen molar-refractivity contribution in [2.24, 2.45) is 5.73 Å². The van der Waals surface area contributed by atoms with Crippen LogP contribution in [0.1, 0.15) is 23.7 Å². The zero-order valence-corrected chi connectivity index (χ0v) is 13.3. The molecule has 0 radical (unpaired) electrons. The molecule has 0 aromatic heterocycles. The lowest BCUT2D eigenvalue weighted by atomic mass is 10.1. The fourth-order valence-corrected chi connectivity index (χ4v) is 2.23. The fraction of sp³-hybridized carbons (Fsp3) is 0.176. The molecule has 0 aliphatic heterocycles. The van der Waals surface area contributed by atoms with Crippen molar-refractivity contribution in [1.29, 1.82) is 0 Å². The zero-order valence-electron chi connectivity index (χ0n) is 12.6. The summed E-state index contributed by atoms with van der Waals surface area (Å²) in [6.07, 6.45) is -0.258. The number of carbonyl (C=O) groups excluding carboxylic acids is 2. The van der Waals surface area contributed by atoms with Crippen molar-refractivity contribution in [1.82, 2.24) is 0 Å². The third-order valence-electron chi connectivity index (χ3n) is 3.19. The van der Waals surface area contributed by atoms with E-state index in [0.29, 0.717) is 22.9 Å². The average Bonchev–Trinajstić information content (AvgIpc) is 2.53. The molecule has 0 aliphatic rings. The van der Waals surface area contributed by atoms with Gasteiger partial charge in [0.1, 0.15) is 5.75 Å². The van der Waals surface area contributed by atoms with Crippen molar-refractivity contribution < 1.29 is 14.3 Å². The molecule has 0 unspecified atom stereocenters. The van der Waals surface area contributed by atoms with Crippen LogP contribution >= 0.6 is 11.6 Å². The number of anilines is 1. The highest BCUT2D eigenvalue weighted by atomic mass is 35.5. The van der Waals surface area contributed by atoms with Gasteiger partial charge in [-0.15, -0.1) is 0 Å². The molecule has 0 saturated carbocycles. The van der Waals surface area contributed by atoms with Gasteiger partial charge in [0, 0.05) is 5.02 Å². The maximum atomic E-state index is 12.4. The number of ether oxygens (including phenoxy) is 1. The van der Waals surface area contributed by atoms with E-state index in [1.54, 1.807) is 48.5 Å². The number of benzene rings is 2. The maximum Gasteiger partial charge on any atom is 0.265 e. The van der Waals surface area contributed by atoms with Crippen LogP contribution < -0.4 is 15.8 Å². The quantitative estimate of drug-likeness (QED) is 0.852. The number of carbonyl (C=O) groups is 2. The van der Waals surface area contributed by atoms with Gasteiger partial charge in [-0.3, -0.25) is 9.59 Å². The smallest absolute Gasteiger partial charge is 0.265 e. The van der Waals surface area contributed by atoms with E-state index in [1.807, 2.05) is 6.92 Å². The number of hydrogen-bond acceptors (Lipinski definition) is 3. The summed E-state index contributed by atoms with van der Waals surface area (Å²) >= 11 is 5.90. The molecule has 23 heavy (non-hydrogen) atoms. The van der Waals surface area contributed by atoms with E-state index in [1.165, 1.54) is 0 Å². The minimum Gasteiger partial charge on any atom is -0.481 e. The molecule has 3 N–H and O–H groups in total. The van der Waals surface area contributed by atoms with Crippen LogP contribution in [0.15, 0.2) is 48.5 Å². The van der Waals surface area contributed by atoms with Crippen molar-refractivity contribution in [3.8, 4) is 5.75 Å². The average molecular weight is 333 g/mol. The van der Waals surface area contributed by atoms with Gasteiger partial charge in [-0.25, -0.2) is 0 Å². The Bertz CT molecular complexity index is 718. The second kappa shape index (κ2) is 7.65. The molecule has 2 amide bonds. The van der Waals surface area contributed by atoms with Crippen molar-refractivity contribution in [2.75, 3.05) is 5.32 Å². The molecule has 2 rings (SSSR count). The molecule has 0 spiro atoms. The summed E-state index contributed by atoms with van der Waals surface area (Å²) in [5.41, 5.74) is 5.91. The van der Waals surface area contributed by atoms with E-state index in [4.69, 9.17) is 22.1 Å². The van der Waals surface area contributed by atoms with Crippen molar-refractivity contribution >= 4 is 29.1 Å². The minimum absolute atomic E-state index is 0.249. The number of amides is 2. The molecule has 2 aromatic carbocycles. The van der Waals surface area contributed by atoms with Crippen molar-refractivity contribution in [2.45, 2.75) is 19.4 Å². The molecule has 0 fully saturated rings. The molecule has 5 nitrogen and oxygen atoms in total. The number of hydrogen-bond donors (Lipinski definition) is 2. The van der Waals surface area contributed by atoms with Gasteiger partial charge >= 0.3 is 0 Å². The first-order chi connectivity index (χ1) is 11.0. The molecule has 6 heteroatoms. The zero-order chi connectivity index (χ0) is 16.8. The van der Waals surface area contributed by atoms with Gasteiger partial charge in [-0.1, -0.05) is 36.7 Å². The molecule has 0 bridgehead atoms. The topological polar surface area (TPSA) is 81.4 Å². The lowest BCUT2D eigenvalue weighted by Crippen LogP contribution is -2.33. The molecule has 120 valence electrons. The Morgan fingerprint density at radius 3 is 2.61 bits per heavy atom. The van der Waals surface area contributed by atoms with Crippen molar-refractivity contribution in [3.63, 3.8) is 0 Å². The Hall–Kier alpha value is -2.53. The van der Waals surface area contributed by atoms with Crippen LogP contribution in [0.3, 0.4) is 0 Å².